The molecule has 0 aliphatic heterocycles. The second-order valence-electron chi connectivity index (χ2n) is 7.66. The number of aromatic nitrogens is 3. The summed E-state index contributed by atoms with van der Waals surface area (Å²) < 4.78 is 1.04. The predicted molar refractivity (Wildman–Crippen MR) is 133 cm³/mol. The largest absolute Gasteiger partial charge is 0.367 e. The van der Waals surface area contributed by atoms with Crippen LogP contribution in [0.2, 0.25) is 0 Å². The lowest BCUT2D eigenvalue weighted by Crippen LogP contribution is -2.31. The number of hydrogen-bond donors (Lipinski definition) is 2. The van der Waals surface area contributed by atoms with Gasteiger partial charge in [-0.25, -0.2) is 9.97 Å². The third-order valence-corrected chi connectivity index (χ3v) is 6.29. The van der Waals surface area contributed by atoms with Crippen LogP contribution in [0.1, 0.15) is 5.56 Å². The molecule has 0 fully saturated rings. The maximum atomic E-state index is 6.43. The normalized spacial score (nSPS) is 12.0. The molecular weight excluding hydrogens is 414 g/mol. The van der Waals surface area contributed by atoms with Crippen molar-refractivity contribution >= 4 is 27.4 Å². The zero-order chi connectivity index (χ0) is 21.8. The van der Waals surface area contributed by atoms with Crippen molar-refractivity contribution in [3.8, 4) is 22.5 Å². The van der Waals surface area contributed by atoms with E-state index in [0.29, 0.717) is 12.4 Å². The molecule has 3 N–H and O–H groups in total. The van der Waals surface area contributed by atoms with Crippen molar-refractivity contribution in [3.05, 3.63) is 96.1 Å². The number of thiophene rings is 1. The van der Waals surface area contributed by atoms with Crippen molar-refractivity contribution in [2.75, 3.05) is 11.9 Å². The van der Waals surface area contributed by atoms with E-state index in [0.717, 1.165) is 39.1 Å². The lowest BCUT2D eigenvalue weighted by Gasteiger charge is -2.14. The van der Waals surface area contributed by atoms with E-state index in [4.69, 9.17) is 15.7 Å². The fourth-order valence-corrected chi connectivity index (χ4v) is 4.69. The van der Waals surface area contributed by atoms with Gasteiger partial charge < -0.3 is 11.1 Å². The van der Waals surface area contributed by atoms with Crippen molar-refractivity contribution in [3.63, 3.8) is 0 Å². The molecule has 0 aliphatic rings. The minimum atomic E-state index is -0.0275. The number of anilines is 1. The van der Waals surface area contributed by atoms with Crippen LogP contribution in [0.25, 0.3) is 32.7 Å². The molecule has 1 atom stereocenters. The van der Waals surface area contributed by atoms with E-state index in [-0.39, 0.29) is 6.04 Å². The van der Waals surface area contributed by atoms with E-state index in [1.54, 1.807) is 23.7 Å². The highest BCUT2D eigenvalue weighted by atomic mass is 32.1. The van der Waals surface area contributed by atoms with Gasteiger partial charge in [-0.3, -0.25) is 4.98 Å². The Morgan fingerprint density at radius 1 is 0.844 bits per heavy atom. The topological polar surface area (TPSA) is 76.7 Å². The van der Waals surface area contributed by atoms with E-state index < -0.39 is 0 Å². The van der Waals surface area contributed by atoms with Crippen molar-refractivity contribution in [1.29, 1.82) is 0 Å². The molecule has 0 saturated heterocycles. The second kappa shape index (κ2) is 9.26. The zero-order valence-electron chi connectivity index (χ0n) is 17.5. The predicted octanol–water partition coefficient (Wildman–Crippen LogP) is 5.40. The molecule has 5 nitrogen and oxygen atoms in total. The number of pyridine rings is 1. The van der Waals surface area contributed by atoms with Gasteiger partial charge in [0.15, 0.2) is 5.82 Å². The molecule has 0 bridgehead atoms. The minimum Gasteiger partial charge on any atom is -0.367 e. The van der Waals surface area contributed by atoms with Gasteiger partial charge in [0.05, 0.1) is 10.2 Å². The quantitative estimate of drug-likeness (QED) is 0.356. The van der Waals surface area contributed by atoms with Crippen LogP contribution in [-0.4, -0.2) is 27.5 Å². The van der Waals surface area contributed by atoms with Crippen LogP contribution in [0.15, 0.2) is 90.6 Å². The van der Waals surface area contributed by atoms with Crippen molar-refractivity contribution < 1.29 is 0 Å². The summed E-state index contributed by atoms with van der Waals surface area (Å²) >= 11 is 1.65. The van der Waals surface area contributed by atoms with Crippen molar-refractivity contribution in [1.82, 2.24) is 15.0 Å². The molecule has 3 heterocycles. The van der Waals surface area contributed by atoms with Gasteiger partial charge >= 0.3 is 0 Å². The van der Waals surface area contributed by atoms with Gasteiger partial charge in [-0.05, 0) is 29.7 Å². The van der Waals surface area contributed by atoms with Crippen LogP contribution in [0.4, 0.5) is 5.82 Å². The fraction of sp³-hybridized carbons (Fsp3) is 0.115. The molecule has 0 spiro atoms. The van der Waals surface area contributed by atoms with Gasteiger partial charge in [-0.15, -0.1) is 11.3 Å². The van der Waals surface area contributed by atoms with E-state index in [1.165, 1.54) is 5.56 Å². The summed E-state index contributed by atoms with van der Waals surface area (Å²) in [5.74, 6) is 1.49. The van der Waals surface area contributed by atoms with E-state index in [1.807, 2.05) is 48.5 Å². The first-order chi connectivity index (χ1) is 15.8. The number of fused-ring (bicyclic) bond motifs is 1. The van der Waals surface area contributed by atoms with Crippen LogP contribution in [-0.2, 0) is 6.42 Å². The fourth-order valence-electron chi connectivity index (χ4n) is 3.71. The lowest BCUT2D eigenvalue weighted by atomic mass is 10.1. The van der Waals surface area contributed by atoms with Crippen LogP contribution >= 0.6 is 11.3 Å². The second-order valence-corrected chi connectivity index (χ2v) is 8.54. The molecule has 0 unspecified atom stereocenters. The van der Waals surface area contributed by atoms with Crippen molar-refractivity contribution in [2.45, 2.75) is 12.5 Å². The lowest BCUT2D eigenvalue weighted by molar-refractivity contribution is 0.698. The average Bonchev–Trinajstić information content (AvgIpc) is 3.28. The number of rotatable bonds is 7. The molecule has 3 aromatic heterocycles. The van der Waals surface area contributed by atoms with Crippen LogP contribution in [0.5, 0.6) is 0 Å². The molecule has 6 heteroatoms. The van der Waals surface area contributed by atoms with Crippen molar-refractivity contribution in [2.24, 2.45) is 5.73 Å². The summed E-state index contributed by atoms with van der Waals surface area (Å²) in [6, 6.07) is 24.5. The van der Waals surface area contributed by atoms with Gasteiger partial charge in [-0.2, -0.15) is 0 Å². The molecule has 0 aliphatic carbocycles. The Balaban J connectivity index is 1.50. The first-order valence-corrected chi connectivity index (χ1v) is 11.4. The molecule has 32 heavy (non-hydrogen) atoms. The Morgan fingerprint density at radius 3 is 2.31 bits per heavy atom. The summed E-state index contributed by atoms with van der Waals surface area (Å²) in [6.45, 7) is 0.620. The standard InChI is InChI=1S/C26H23N5S/c27-21(15-18-7-3-1-4-8-18)16-29-26-24-23(22(17-32-24)19-9-5-2-6-10-19)30-25(31-26)20-11-13-28-14-12-20/h1-14,17,21H,15-16,27H2,(H,29,30,31)/t21-/m0/s1. The van der Waals surface area contributed by atoms with Crippen LogP contribution < -0.4 is 11.1 Å². The molecule has 5 aromatic rings. The molecule has 158 valence electrons. The van der Waals surface area contributed by atoms with Crippen LogP contribution in [0, 0.1) is 0 Å². The summed E-state index contributed by atoms with van der Waals surface area (Å²) in [5.41, 5.74) is 11.8. The van der Waals surface area contributed by atoms with Crippen LogP contribution in [0.3, 0.4) is 0 Å². The average molecular weight is 438 g/mol. The maximum Gasteiger partial charge on any atom is 0.162 e. The highest BCUT2D eigenvalue weighted by Crippen LogP contribution is 2.37. The summed E-state index contributed by atoms with van der Waals surface area (Å²) in [4.78, 5) is 13.9. The first kappa shape index (κ1) is 20.3. The Bertz CT molecular complexity index is 1300. The molecular formula is C26H23N5S. The Kier molecular flexibility index (Phi) is 5.87. The number of benzene rings is 2. The first-order valence-electron chi connectivity index (χ1n) is 10.6. The summed E-state index contributed by atoms with van der Waals surface area (Å²) in [5, 5.41) is 5.65. The highest BCUT2D eigenvalue weighted by Gasteiger charge is 2.16. The van der Waals surface area contributed by atoms with Gasteiger partial charge in [-0.1, -0.05) is 60.7 Å². The molecule has 0 saturated carbocycles. The summed E-state index contributed by atoms with van der Waals surface area (Å²) in [6.07, 6.45) is 4.33. The number of nitrogens with two attached hydrogens (primary N) is 1. The molecule has 5 rings (SSSR count). The third kappa shape index (κ3) is 4.37. The molecule has 0 radical (unpaired) electrons. The van der Waals surface area contributed by atoms with Gasteiger partial charge in [0.1, 0.15) is 5.82 Å². The third-order valence-electron chi connectivity index (χ3n) is 5.31. The number of nitrogens with one attached hydrogen (secondary N) is 1. The van der Waals surface area contributed by atoms with Gasteiger partial charge in [0, 0.05) is 41.5 Å². The zero-order valence-corrected chi connectivity index (χ0v) is 18.3. The van der Waals surface area contributed by atoms with E-state index >= 15 is 0 Å². The Labute approximate surface area is 191 Å². The smallest absolute Gasteiger partial charge is 0.162 e. The van der Waals surface area contributed by atoms with E-state index in [9.17, 15) is 0 Å². The number of hydrogen-bond acceptors (Lipinski definition) is 6. The monoisotopic (exact) mass is 437 g/mol. The Hall–Kier alpha value is -3.61. The summed E-state index contributed by atoms with van der Waals surface area (Å²) in [7, 11) is 0. The maximum absolute atomic E-state index is 6.43. The van der Waals surface area contributed by atoms with E-state index in [2.05, 4.69) is 39.9 Å². The highest BCUT2D eigenvalue weighted by molar-refractivity contribution is 7.18. The molecule has 0 amide bonds. The Morgan fingerprint density at radius 2 is 1.56 bits per heavy atom. The minimum absolute atomic E-state index is 0.0275. The van der Waals surface area contributed by atoms with Gasteiger partial charge in [0.25, 0.3) is 0 Å². The molecule has 2 aromatic carbocycles. The van der Waals surface area contributed by atoms with Gasteiger partial charge in [0.2, 0.25) is 0 Å². The SMILES string of the molecule is N[C@H](CNc1nc(-c2ccncc2)nc2c(-c3ccccc3)csc12)Cc1ccccc1. The number of nitrogens with zero attached hydrogens (tertiary/aromatic N) is 3.